The molecule has 0 fully saturated rings. The maximum Gasteiger partial charge on any atom is 0.142 e. The highest BCUT2D eigenvalue weighted by molar-refractivity contribution is 5.60. The number of benzene rings is 2. The van der Waals surface area contributed by atoms with Crippen LogP contribution in [0.1, 0.15) is 5.56 Å². The summed E-state index contributed by atoms with van der Waals surface area (Å²) in [5, 5.41) is 3.53. The van der Waals surface area contributed by atoms with Gasteiger partial charge in [-0.25, -0.2) is 0 Å². The Kier molecular flexibility index (Phi) is 2.68. The molecular formula is C15H16N2O. The molecule has 0 radical (unpaired) electrons. The third kappa shape index (κ3) is 1.73. The largest absolute Gasteiger partial charge is 0.489 e. The van der Waals surface area contributed by atoms with Gasteiger partial charge in [-0.3, -0.25) is 0 Å². The molecule has 3 N–H and O–H groups in total. The van der Waals surface area contributed by atoms with Gasteiger partial charge in [0.05, 0.1) is 5.69 Å². The summed E-state index contributed by atoms with van der Waals surface area (Å²) in [6.07, 6.45) is 0. The van der Waals surface area contributed by atoms with E-state index in [1.165, 1.54) is 0 Å². The van der Waals surface area contributed by atoms with Crippen LogP contribution in [-0.2, 0) is 5.54 Å². The molecule has 1 atom stereocenters. The zero-order valence-corrected chi connectivity index (χ0v) is 10.1. The molecule has 2 aromatic carbocycles. The second-order valence-electron chi connectivity index (χ2n) is 4.56. The second kappa shape index (κ2) is 4.35. The highest BCUT2D eigenvalue weighted by atomic mass is 16.5. The van der Waals surface area contributed by atoms with Gasteiger partial charge in [0.25, 0.3) is 0 Å². The zero-order chi connectivity index (χ0) is 12.4. The first-order valence-electron chi connectivity index (χ1n) is 6.10. The van der Waals surface area contributed by atoms with E-state index in [2.05, 4.69) is 17.4 Å². The van der Waals surface area contributed by atoms with Crippen LogP contribution in [0.4, 0.5) is 5.69 Å². The molecule has 1 unspecified atom stereocenters. The van der Waals surface area contributed by atoms with Crippen LogP contribution in [-0.4, -0.2) is 13.2 Å². The maximum absolute atomic E-state index is 5.98. The van der Waals surface area contributed by atoms with Crippen molar-refractivity contribution < 1.29 is 4.74 Å². The normalized spacial score (nSPS) is 21.6. The molecule has 3 nitrogen and oxygen atoms in total. The lowest BCUT2D eigenvalue weighted by molar-refractivity contribution is 0.223. The third-order valence-electron chi connectivity index (χ3n) is 3.41. The lowest BCUT2D eigenvalue weighted by Crippen LogP contribution is -2.49. The molecule has 3 heteroatoms. The van der Waals surface area contributed by atoms with Crippen molar-refractivity contribution in [2.75, 3.05) is 18.5 Å². The Morgan fingerprint density at radius 1 is 1.06 bits per heavy atom. The summed E-state index contributed by atoms with van der Waals surface area (Å²) in [6, 6.07) is 18.2. The van der Waals surface area contributed by atoms with Crippen molar-refractivity contribution in [2.24, 2.45) is 5.73 Å². The van der Waals surface area contributed by atoms with Gasteiger partial charge in [0.1, 0.15) is 17.9 Å². The van der Waals surface area contributed by atoms with Crippen molar-refractivity contribution in [1.29, 1.82) is 0 Å². The van der Waals surface area contributed by atoms with Crippen LogP contribution in [0.5, 0.6) is 5.75 Å². The monoisotopic (exact) mass is 240 g/mol. The molecule has 92 valence electrons. The van der Waals surface area contributed by atoms with E-state index in [-0.39, 0.29) is 5.54 Å². The van der Waals surface area contributed by atoms with E-state index in [1.807, 2.05) is 42.5 Å². The molecule has 3 rings (SSSR count). The predicted octanol–water partition coefficient (Wildman–Crippen LogP) is 2.35. The molecule has 0 spiro atoms. The van der Waals surface area contributed by atoms with Crippen molar-refractivity contribution in [1.82, 2.24) is 0 Å². The standard InChI is InChI=1S/C15H16N2O/c16-10-15(12-6-2-1-3-7-12)11-18-14-9-5-4-8-13(14)17-15/h1-9,17H,10-11,16H2. The van der Waals surface area contributed by atoms with Crippen molar-refractivity contribution in [3.05, 3.63) is 60.2 Å². The minimum Gasteiger partial charge on any atom is -0.489 e. The van der Waals surface area contributed by atoms with Gasteiger partial charge in [0.15, 0.2) is 0 Å². The van der Waals surface area contributed by atoms with Crippen LogP contribution in [0.2, 0.25) is 0 Å². The molecule has 0 bridgehead atoms. The molecule has 1 aliphatic heterocycles. The lowest BCUT2D eigenvalue weighted by atomic mass is 9.89. The zero-order valence-electron chi connectivity index (χ0n) is 10.1. The molecule has 0 amide bonds. The fourth-order valence-corrected chi connectivity index (χ4v) is 2.33. The number of nitrogens with two attached hydrogens (primary N) is 1. The van der Waals surface area contributed by atoms with Crippen LogP contribution < -0.4 is 15.8 Å². The van der Waals surface area contributed by atoms with Crippen molar-refractivity contribution in [3.63, 3.8) is 0 Å². The van der Waals surface area contributed by atoms with Crippen LogP contribution >= 0.6 is 0 Å². The van der Waals surface area contributed by atoms with E-state index in [1.54, 1.807) is 0 Å². The molecule has 0 aliphatic carbocycles. The Morgan fingerprint density at radius 2 is 1.78 bits per heavy atom. The highest BCUT2D eigenvalue weighted by Gasteiger charge is 2.35. The predicted molar refractivity (Wildman–Crippen MR) is 72.7 cm³/mol. The van der Waals surface area contributed by atoms with E-state index >= 15 is 0 Å². The quantitative estimate of drug-likeness (QED) is 0.847. The Bertz CT molecular complexity index is 541. The number of hydrogen-bond donors (Lipinski definition) is 2. The first-order chi connectivity index (χ1) is 8.84. The first kappa shape index (κ1) is 11.1. The van der Waals surface area contributed by atoms with E-state index in [4.69, 9.17) is 10.5 Å². The molecule has 1 heterocycles. The van der Waals surface area contributed by atoms with Gasteiger partial charge < -0.3 is 15.8 Å². The SMILES string of the molecule is NCC1(c2ccccc2)COc2ccccc2N1. The number of ether oxygens (including phenoxy) is 1. The summed E-state index contributed by atoms with van der Waals surface area (Å²) >= 11 is 0. The third-order valence-corrected chi connectivity index (χ3v) is 3.41. The summed E-state index contributed by atoms with van der Waals surface area (Å²) in [5.74, 6) is 0.887. The number of rotatable bonds is 2. The summed E-state index contributed by atoms with van der Waals surface area (Å²) in [5.41, 5.74) is 7.80. The number of hydrogen-bond acceptors (Lipinski definition) is 3. The summed E-state index contributed by atoms with van der Waals surface area (Å²) in [7, 11) is 0. The fraction of sp³-hybridized carbons (Fsp3) is 0.200. The van der Waals surface area contributed by atoms with Crippen LogP contribution in [0.3, 0.4) is 0 Å². The van der Waals surface area contributed by atoms with E-state index in [0.717, 1.165) is 17.0 Å². The number of para-hydroxylation sites is 2. The van der Waals surface area contributed by atoms with Gasteiger partial charge in [-0.2, -0.15) is 0 Å². The van der Waals surface area contributed by atoms with E-state index in [0.29, 0.717) is 13.2 Å². The average Bonchev–Trinajstić information content (AvgIpc) is 2.47. The van der Waals surface area contributed by atoms with E-state index < -0.39 is 0 Å². The Balaban J connectivity index is 2.01. The number of nitrogens with one attached hydrogen (secondary N) is 1. The van der Waals surface area contributed by atoms with Gasteiger partial charge in [-0.15, -0.1) is 0 Å². The lowest BCUT2D eigenvalue weighted by Gasteiger charge is -2.39. The molecule has 0 saturated heterocycles. The smallest absolute Gasteiger partial charge is 0.142 e. The topological polar surface area (TPSA) is 47.3 Å². The summed E-state index contributed by atoms with van der Waals surface area (Å²) in [4.78, 5) is 0. The van der Waals surface area contributed by atoms with Gasteiger partial charge in [0, 0.05) is 6.54 Å². The highest BCUT2D eigenvalue weighted by Crippen LogP contribution is 2.36. The average molecular weight is 240 g/mol. The van der Waals surface area contributed by atoms with Gasteiger partial charge in [-0.1, -0.05) is 42.5 Å². The molecule has 0 saturated carbocycles. The molecule has 1 aliphatic rings. The Labute approximate surface area is 107 Å². The molecule has 18 heavy (non-hydrogen) atoms. The van der Waals surface area contributed by atoms with E-state index in [9.17, 15) is 0 Å². The van der Waals surface area contributed by atoms with Crippen LogP contribution in [0, 0.1) is 0 Å². The molecule has 2 aromatic rings. The van der Waals surface area contributed by atoms with Crippen molar-refractivity contribution >= 4 is 5.69 Å². The summed E-state index contributed by atoms with van der Waals surface area (Å²) < 4.78 is 5.84. The van der Waals surface area contributed by atoms with Crippen molar-refractivity contribution in [3.8, 4) is 5.75 Å². The maximum atomic E-state index is 5.98. The van der Waals surface area contributed by atoms with Crippen molar-refractivity contribution in [2.45, 2.75) is 5.54 Å². The Hall–Kier alpha value is -2.00. The Morgan fingerprint density at radius 3 is 2.56 bits per heavy atom. The first-order valence-corrected chi connectivity index (χ1v) is 6.10. The van der Waals surface area contributed by atoms with Gasteiger partial charge in [-0.05, 0) is 17.7 Å². The van der Waals surface area contributed by atoms with Crippen LogP contribution in [0.25, 0.3) is 0 Å². The van der Waals surface area contributed by atoms with Gasteiger partial charge in [0.2, 0.25) is 0 Å². The summed E-state index contributed by atoms with van der Waals surface area (Å²) in [6.45, 7) is 1.04. The number of fused-ring (bicyclic) bond motifs is 1. The molecule has 0 aromatic heterocycles. The van der Waals surface area contributed by atoms with Gasteiger partial charge >= 0.3 is 0 Å². The number of anilines is 1. The van der Waals surface area contributed by atoms with Crippen LogP contribution in [0.15, 0.2) is 54.6 Å². The fourth-order valence-electron chi connectivity index (χ4n) is 2.33. The second-order valence-corrected chi connectivity index (χ2v) is 4.56. The molecular weight excluding hydrogens is 224 g/mol. The minimum atomic E-state index is -0.338. The minimum absolute atomic E-state index is 0.338.